The second-order valence-corrected chi connectivity index (χ2v) is 10.8. The predicted octanol–water partition coefficient (Wildman–Crippen LogP) is 5.03. The monoisotopic (exact) mass is 561 g/mol. The Balaban J connectivity index is 1.31. The Hall–Kier alpha value is -4.09. The number of nitrogens with zero attached hydrogens (tertiary/aromatic N) is 5. The van der Waals surface area contributed by atoms with Gasteiger partial charge in [-0.05, 0) is 37.5 Å². The zero-order chi connectivity index (χ0) is 28.7. The molecule has 1 fully saturated rings. The molecule has 2 amide bonds. The van der Waals surface area contributed by atoms with E-state index in [4.69, 9.17) is 9.84 Å². The first-order valence-corrected chi connectivity index (χ1v) is 13.7. The highest BCUT2D eigenvalue weighted by molar-refractivity contribution is 5.91. The van der Waals surface area contributed by atoms with Gasteiger partial charge in [-0.15, -0.1) is 0 Å². The third kappa shape index (κ3) is 5.00. The Labute approximate surface area is 237 Å². The number of aromatic nitrogens is 4. The molecule has 2 aromatic carbocycles. The van der Waals surface area contributed by atoms with Gasteiger partial charge in [-0.2, -0.15) is 19.0 Å². The van der Waals surface area contributed by atoms with Gasteiger partial charge in [0.05, 0.1) is 30.5 Å². The molecule has 6 rings (SSSR count). The number of benzene rings is 2. The summed E-state index contributed by atoms with van der Waals surface area (Å²) in [6, 6.07) is 14.9. The number of para-hydroxylation sites is 1. The van der Waals surface area contributed by atoms with Crippen molar-refractivity contribution in [2.75, 3.05) is 25.6 Å². The van der Waals surface area contributed by atoms with E-state index in [0.717, 1.165) is 16.8 Å². The lowest BCUT2D eigenvalue weighted by molar-refractivity contribution is -0.0679. The number of alkyl halides is 2. The van der Waals surface area contributed by atoms with Gasteiger partial charge in [0.1, 0.15) is 11.5 Å². The van der Waals surface area contributed by atoms with E-state index in [-0.39, 0.29) is 23.7 Å². The highest BCUT2D eigenvalue weighted by atomic mass is 19.3. The van der Waals surface area contributed by atoms with E-state index in [1.807, 2.05) is 55.4 Å². The standard InChI is InChI=1S/C30H33F2N7O2/c1-19-26(20-16-33-37(2)17-20)36-39(21-9-5-4-6-10-21)28(19)35-29(40)34-25-15-22(13-14-41-3)38-18-30(31,32)24-12-8-7-11-23(24)27(25)38/h4-12,16-17,22,25,27H,13-15,18H2,1-3H3,(H2,34,35,40)/t22-,25-,27+/m1/s1. The Morgan fingerprint density at radius 2 is 1.90 bits per heavy atom. The lowest BCUT2D eigenvalue weighted by atomic mass is 9.88. The van der Waals surface area contributed by atoms with Crippen molar-refractivity contribution < 1.29 is 18.3 Å². The van der Waals surface area contributed by atoms with Crippen LogP contribution < -0.4 is 10.6 Å². The zero-order valence-electron chi connectivity index (χ0n) is 23.2. The van der Waals surface area contributed by atoms with E-state index < -0.39 is 18.5 Å². The van der Waals surface area contributed by atoms with Gasteiger partial charge >= 0.3 is 6.03 Å². The number of urea groups is 1. The van der Waals surface area contributed by atoms with E-state index in [1.165, 1.54) is 6.07 Å². The maximum atomic E-state index is 15.2. The first-order valence-electron chi connectivity index (χ1n) is 13.7. The first-order chi connectivity index (χ1) is 19.8. The second kappa shape index (κ2) is 10.7. The van der Waals surface area contributed by atoms with Crippen LogP contribution in [-0.4, -0.2) is 62.8 Å². The van der Waals surface area contributed by atoms with Crippen LogP contribution in [0.15, 0.2) is 67.0 Å². The summed E-state index contributed by atoms with van der Waals surface area (Å²) < 4.78 is 39.1. The Morgan fingerprint density at radius 3 is 2.63 bits per heavy atom. The summed E-state index contributed by atoms with van der Waals surface area (Å²) >= 11 is 0. The van der Waals surface area contributed by atoms with Crippen molar-refractivity contribution in [2.24, 2.45) is 7.05 Å². The predicted molar refractivity (Wildman–Crippen MR) is 151 cm³/mol. The van der Waals surface area contributed by atoms with E-state index in [9.17, 15) is 4.79 Å². The van der Waals surface area contributed by atoms with Gasteiger partial charge in [0.2, 0.25) is 0 Å². The van der Waals surface area contributed by atoms with Crippen LogP contribution in [0.2, 0.25) is 0 Å². The number of amides is 2. The molecule has 0 radical (unpaired) electrons. The number of carbonyl (C=O) groups is 1. The zero-order valence-corrected chi connectivity index (χ0v) is 23.2. The molecule has 9 nitrogen and oxygen atoms in total. The number of aryl methyl sites for hydroxylation is 1. The van der Waals surface area contributed by atoms with Gasteiger partial charge in [0.25, 0.3) is 5.92 Å². The molecule has 0 unspecified atom stereocenters. The molecule has 2 N–H and O–H groups in total. The lowest BCUT2D eigenvalue weighted by Gasteiger charge is -2.40. The summed E-state index contributed by atoms with van der Waals surface area (Å²) in [5, 5.41) is 15.2. The van der Waals surface area contributed by atoms with E-state index in [1.54, 1.807) is 40.9 Å². The number of hydrogen-bond acceptors (Lipinski definition) is 5. The number of halogens is 2. The fourth-order valence-corrected chi connectivity index (χ4v) is 6.24. The third-order valence-electron chi connectivity index (χ3n) is 8.09. The van der Waals surface area contributed by atoms with Crippen LogP contribution >= 0.6 is 0 Å². The SMILES string of the molecule is COCC[C@@H]1C[C@@H](NC(=O)Nc2c(C)c(-c3cnn(C)c3)nn2-c2ccccc2)[C@@H]2c3ccccc3C(F)(F)CN12. The fraction of sp³-hybridized carbons (Fsp3) is 0.367. The third-order valence-corrected chi connectivity index (χ3v) is 8.09. The molecular weight excluding hydrogens is 528 g/mol. The van der Waals surface area contributed by atoms with E-state index in [2.05, 4.69) is 15.7 Å². The maximum Gasteiger partial charge on any atom is 0.320 e. The number of anilines is 1. The molecule has 4 aromatic rings. The molecular formula is C30H33F2N7O2. The number of fused-ring (bicyclic) bond motifs is 3. The van der Waals surface area contributed by atoms with Gasteiger partial charge in [-0.3, -0.25) is 14.9 Å². The summed E-state index contributed by atoms with van der Waals surface area (Å²) in [5.41, 5.74) is 3.68. The average molecular weight is 562 g/mol. The van der Waals surface area contributed by atoms with Crippen LogP contribution in [0.25, 0.3) is 16.9 Å². The minimum Gasteiger partial charge on any atom is -0.385 e. The van der Waals surface area contributed by atoms with Gasteiger partial charge in [-0.1, -0.05) is 42.5 Å². The topological polar surface area (TPSA) is 89.2 Å². The molecule has 3 atom stereocenters. The Morgan fingerprint density at radius 1 is 1.15 bits per heavy atom. The minimum absolute atomic E-state index is 0.0277. The summed E-state index contributed by atoms with van der Waals surface area (Å²) in [7, 11) is 3.44. The first kappa shape index (κ1) is 27.1. The molecule has 214 valence electrons. The molecule has 2 aromatic heterocycles. The van der Waals surface area contributed by atoms with Gasteiger partial charge in [0.15, 0.2) is 0 Å². The van der Waals surface area contributed by atoms with Gasteiger partial charge in [0, 0.05) is 49.7 Å². The number of methoxy groups -OCH3 is 1. The minimum atomic E-state index is -2.97. The van der Waals surface area contributed by atoms with E-state index >= 15 is 8.78 Å². The summed E-state index contributed by atoms with van der Waals surface area (Å²) in [4.78, 5) is 15.5. The van der Waals surface area contributed by atoms with Crippen molar-refractivity contribution >= 4 is 11.8 Å². The quantitative estimate of drug-likeness (QED) is 0.331. The van der Waals surface area contributed by atoms with Crippen LogP contribution in [-0.2, 0) is 17.7 Å². The number of ether oxygens (including phenoxy) is 1. The largest absolute Gasteiger partial charge is 0.385 e. The number of nitrogens with one attached hydrogen (secondary N) is 2. The molecule has 2 aliphatic heterocycles. The number of hydrogen-bond donors (Lipinski definition) is 2. The molecule has 2 aliphatic rings. The number of carbonyl (C=O) groups excluding carboxylic acids is 1. The van der Waals surface area contributed by atoms with Crippen LogP contribution in [0.4, 0.5) is 19.4 Å². The van der Waals surface area contributed by atoms with Crippen molar-refractivity contribution in [3.8, 4) is 16.9 Å². The van der Waals surface area contributed by atoms with Crippen LogP contribution in [0.1, 0.15) is 35.6 Å². The molecule has 11 heteroatoms. The molecule has 1 saturated heterocycles. The Bertz CT molecular complexity index is 1550. The molecule has 0 bridgehead atoms. The maximum absolute atomic E-state index is 15.2. The molecule has 0 aliphatic carbocycles. The van der Waals surface area contributed by atoms with Crippen LogP contribution in [0, 0.1) is 6.92 Å². The molecule has 41 heavy (non-hydrogen) atoms. The molecule has 4 heterocycles. The smallest absolute Gasteiger partial charge is 0.320 e. The highest BCUT2D eigenvalue weighted by Gasteiger charge is 2.52. The fourth-order valence-electron chi connectivity index (χ4n) is 6.24. The average Bonchev–Trinajstić information content (AvgIpc) is 3.63. The van der Waals surface area contributed by atoms with E-state index in [0.29, 0.717) is 36.5 Å². The van der Waals surface area contributed by atoms with Crippen molar-refractivity contribution in [3.05, 3.63) is 83.7 Å². The lowest BCUT2D eigenvalue weighted by Crippen LogP contribution is -2.48. The van der Waals surface area contributed by atoms with Crippen molar-refractivity contribution in [2.45, 2.75) is 43.8 Å². The van der Waals surface area contributed by atoms with Crippen LogP contribution in [0.3, 0.4) is 0 Å². The van der Waals surface area contributed by atoms with Gasteiger partial charge in [-0.25, -0.2) is 9.48 Å². The summed E-state index contributed by atoms with van der Waals surface area (Å²) in [6.07, 6.45) is 4.74. The molecule has 0 spiro atoms. The highest BCUT2D eigenvalue weighted by Crippen LogP contribution is 2.49. The van der Waals surface area contributed by atoms with Crippen LogP contribution in [0.5, 0.6) is 0 Å². The van der Waals surface area contributed by atoms with Crippen molar-refractivity contribution in [3.63, 3.8) is 0 Å². The summed E-state index contributed by atoms with van der Waals surface area (Å²) in [6.45, 7) is 1.96. The summed E-state index contributed by atoms with van der Waals surface area (Å²) in [5.74, 6) is -2.45. The number of rotatable bonds is 7. The van der Waals surface area contributed by atoms with Crippen molar-refractivity contribution in [1.82, 2.24) is 29.8 Å². The normalized spacial score (nSPS) is 21.3. The molecule has 0 saturated carbocycles. The van der Waals surface area contributed by atoms with Crippen molar-refractivity contribution in [1.29, 1.82) is 0 Å². The second-order valence-electron chi connectivity index (χ2n) is 10.8. The Kier molecular flexibility index (Phi) is 7.08. The van der Waals surface area contributed by atoms with Gasteiger partial charge < -0.3 is 10.1 Å².